The van der Waals surface area contributed by atoms with Crippen LogP contribution in [0.25, 0.3) is 0 Å². The van der Waals surface area contributed by atoms with Crippen molar-refractivity contribution < 1.29 is 96.3 Å². The van der Waals surface area contributed by atoms with Crippen LogP contribution < -0.4 is 0 Å². The van der Waals surface area contributed by atoms with Gasteiger partial charge in [0.1, 0.15) is 36.6 Å². The van der Waals surface area contributed by atoms with E-state index in [1.807, 2.05) is 0 Å². The van der Waals surface area contributed by atoms with E-state index in [1.165, 1.54) is 0 Å². The number of aliphatic hydroxyl groups is 3. The van der Waals surface area contributed by atoms with Gasteiger partial charge in [-0.25, -0.2) is 0 Å². The minimum atomic E-state index is -1.61. The van der Waals surface area contributed by atoms with Crippen LogP contribution in [0.4, 0.5) is 0 Å². The molecule has 2 spiro atoms. The Labute approximate surface area is 462 Å². The number of rotatable bonds is 2. The Balaban J connectivity index is 0.683. The number of carbonyl (C=O) groups excluding carboxylic acids is 1. The van der Waals surface area contributed by atoms with Gasteiger partial charge in [-0.3, -0.25) is 9.59 Å². The number of esters is 1. The van der Waals surface area contributed by atoms with E-state index in [9.17, 15) is 30.0 Å². The van der Waals surface area contributed by atoms with Crippen molar-refractivity contribution in [2.24, 2.45) is 23.7 Å². The van der Waals surface area contributed by atoms with E-state index in [0.717, 1.165) is 43.3 Å². The molecule has 0 amide bonds. The molecular weight excluding hydrogens is 1030 g/mol. The van der Waals surface area contributed by atoms with Crippen molar-refractivity contribution in [3.05, 3.63) is 24.3 Å². The van der Waals surface area contributed by atoms with Gasteiger partial charge in [-0.05, 0) is 80.3 Å². The maximum atomic E-state index is 14.4. The van der Waals surface area contributed by atoms with E-state index in [2.05, 4.69) is 40.9 Å². The first kappa shape index (κ1) is 54.7. The van der Waals surface area contributed by atoms with Crippen molar-refractivity contribution in [3.63, 3.8) is 0 Å². The molecule has 12 bridgehead atoms. The van der Waals surface area contributed by atoms with Crippen molar-refractivity contribution in [1.29, 1.82) is 0 Å². The zero-order valence-corrected chi connectivity index (χ0v) is 46.1. The number of fused-ring (bicyclic) bond motifs is 5. The molecule has 20 nitrogen and oxygen atoms in total. The molecule has 440 valence electrons. The highest BCUT2D eigenvalue weighted by atomic mass is 16.8. The zero-order valence-electron chi connectivity index (χ0n) is 46.1. The molecule has 31 atom stereocenters. The fourth-order valence-corrected chi connectivity index (χ4v) is 17.5. The number of carbonyl (C=O) groups is 2. The van der Waals surface area contributed by atoms with Crippen molar-refractivity contribution in [3.8, 4) is 0 Å². The highest BCUT2D eigenvalue weighted by Crippen LogP contribution is 2.57. The standard InChI is InChI=1S/C59H84O20/c1-25-13-32-9-11-36-26(2)14-31(66-36)7-8-34-22-59(65)56(69-34)55-54(79-59)48(64)53-37(71-55)12-10-33(68-53)15-47(63)74-52-30(6)51-42(70-41(52)17-38(67-32)29(25)5)18-40-44(73-51)23-58(75-40)24-45-50(78-58)28(4)21-57(77-45)20-27(3)49-43(76-57)16-35(60)39(72-49)19-46(61)62/h25,27-28,30-45,48-56,60,64-65H,2,5,7-24H2,1,3-4,6H3,(H,61,62)/t25-,27+,28+,30+,31?,32+,33-,34-,35-,36+,37+,38-,39-,40-,41+,42+,43+,44-,45+,48?,49+,50+,51+,52?,53+,54+,55?,56?,57-,58+,59+/m1/s1. The number of carboxylic acid groups (broad SMARTS) is 1. The Bertz CT molecular complexity index is 2360. The normalized spacial score (nSPS) is 57.0. The van der Waals surface area contributed by atoms with Gasteiger partial charge in [0.2, 0.25) is 0 Å². The highest BCUT2D eigenvalue weighted by Gasteiger charge is 2.68. The quantitative estimate of drug-likeness (QED) is 0.218. The summed E-state index contributed by atoms with van der Waals surface area (Å²) in [6.45, 7) is 17.5. The van der Waals surface area contributed by atoms with Gasteiger partial charge >= 0.3 is 11.9 Å². The summed E-state index contributed by atoms with van der Waals surface area (Å²) >= 11 is 0. The fourth-order valence-electron chi connectivity index (χ4n) is 17.5. The lowest BCUT2D eigenvalue weighted by atomic mass is 9.78. The Kier molecular flexibility index (Phi) is 14.2. The number of aliphatic hydroxyl groups excluding tert-OH is 2. The van der Waals surface area contributed by atoms with Gasteiger partial charge in [0, 0.05) is 57.3 Å². The number of aliphatic carboxylic acids is 1. The Morgan fingerprint density at radius 2 is 1.23 bits per heavy atom. The molecule has 0 aliphatic carbocycles. The van der Waals surface area contributed by atoms with Crippen molar-refractivity contribution in [2.45, 2.75) is 307 Å². The molecule has 17 fully saturated rings. The summed E-state index contributed by atoms with van der Waals surface area (Å²) in [4.78, 5) is 26.0. The summed E-state index contributed by atoms with van der Waals surface area (Å²) in [6.07, 6.45) is -3.06. The van der Waals surface area contributed by atoms with Crippen LogP contribution in [-0.4, -0.2) is 196 Å². The zero-order chi connectivity index (χ0) is 54.6. The molecule has 17 saturated heterocycles. The van der Waals surface area contributed by atoms with Gasteiger partial charge in [-0.2, -0.15) is 0 Å². The molecule has 17 rings (SSSR count). The van der Waals surface area contributed by atoms with Crippen molar-refractivity contribution in [1.82, 2.24) is 0 Å². The predicted molar refractivity (Wildman–Crippen MR) is 272 cm³/mol. The van der Waals surface area contributed by atoms with Crippen molar-refractivity contribution in [2.75, 3.05) is 0 Å². The van der Waals surface area contributed by atoms with Crippen LogP contribution in [0.3, 0.4) is 0 Å². The van der Waals surface area contributed by atoms with Gasteiger partial charge in [0.15, 0.2) is 17.4 Å². The smallest absolute Gasteiger partial charge is 0.308 e. The molecule has 4 N–H and O–H groups in total. The Morgan fingerprint density at radius 1 is 0.544 bits per heavy atom. The predicted octanol–water partition coefficient (Wildman–Crippen LogP) is 4.61. The number of hydrogen-bond donors (Lipinski definition) is 4. The molecule has 0 aromatic carbocycles. The van der Waals surface area contributed by atoms with Crippen LogP contribution in [0.15, 0.2) is 24.3 Å². The maximum absolute atomic E-state index is 14.4. The van der Waals surface area contributed by atoms with Gasteiger partial charge < -0.3 is 86.7 Å². The fraction of sp³-hybridized carbons (Fsp3) is 0.898. The molecule has 17 aliphatic rings. The van der Waals surface area contributed by atoms with Crippen LogP contribution >= 0.6 is 0 Å². The first-order valence-electron chi connectivity index (χ1n) is 30.3. The third-order valence-corrected chi connectivity index (χ3v) is 21.3. The highest BCUT2D eigenvalue weighted by molar-refractivity contribution is 5.70. The largest absolute Gasteiger partial charge is 0.481 e. The average molecular weight is 1110 g/mol. The van der Waals surface area contributed by atoms with Gasteiger partial charge in [-0.15, -0.1) is 0 Å². The van der Waals surface area contributed by atoms with Gasteiger partial charge in [-0.1, -0.05) is 40.9 Å². The lowest BCUT2D eigenvalue weighted by Crippen LogP contribution is -2.62. The summed E-state index contributed by atoms with van der Waals surface area (Å²) in [5.74, 6) is -5.02. The minimum absolute atomic E-state index is 0.00398. The molecule has 20 heteroatoms. The molecule has 0 aromatic rings. The SMILES string of the molecule is C=C1CC2CC[C@@H]3C[C@]4(O)O[C@@H]5C(O[C@H]6CC[C@H](CC(=O)OC7[C@H](C[C@H]8O[C@@H](CC[C@@H]1O2)C[C@@H](C)C8=C)O[C@H]1C[C@H]2O[C@@]8(C[C@@H]9O[C@]%10(C[C@H](C)[C@@H]%11O[C@H](CC(=O)O)[C@H](O)C[C@@H]%11O%10)C[C@H](C)[C@@H]9O8)C[C@H]2O[C@H]1[C@@H]7C)O[C@@H]6C5O)C4O3. The molecule has 5 unspecified atom stereocenters. The third kappa shape index (κ3) is 9.84. The van der Waals surface area contributed by atoms with E-state index >= 15 is 0 Å². The maximum Gasteiger partial charge on any atom is 0.308 e. The second-order valence-corrected chi connectivity index (χ2v) is 27.0. The summed E-state index contributed by atoms with van der Waals surface area (Å²) in [5, 5.41) is 44.0. The molecular formula is C59H84O20. The molecule has 79 heavy (non-hydrogen) atoms. The van der Waals surface area contributed by atoms with Crippen LogP contribution in [0.5, 0.6) is 0 Å². The molecule has 0 radical (unpaired) electrons. The Hall–Kier alpha value is -2.22. The number of ether oxygens (including phenoxy) is 14. The topological polar surface area (TPSA) is 244 Å². The van der Waals surface area contributed by atoms with Crippen molar-refractivity contribution >= 4 is 11.9 Å². The Morgan fingerprint density at radius 3 is 2.05 bits per heavy atom. The monoisotopic (exact) mass is 1110 g/mol. The second kappa shape index (κ2) is 20.5. The number of carboxylic acids is 1. The lowest BCUT2D eigenvalue weighted by Gasteiger charge is -2.54. The van der Waals surface area contributed by atoms with E-state index in [0.29, 0.717) is 57.8 Å². The molecule has 0 aromatic heterocycles. The first-order valence-corrected chi connectivity index (χ1v) is 30.3. The van der Waals surface area contributed by atoms with Gasteiger partial charge in [0.05, 0.1) is 123 Å². The number of hydrogen-bond acceptors (Lipinski definition) is 19. The van der Waals surface area contributed by atoms with Crippen LogP contribution in [0, 0.1) is 23.7 Å². The van der Waals surface area contributed by atoms with E-state index in [4.69, 9.17) is 66.3 Å². The average Bonchev–Trinajstić information content (AvgIpc) is 4.24. The van der Waals surface area contributed by atoms with Crippen LogP contribution in [0.2, 0.25) is 0 Å². The third-order valence-electron chi connectivity index (χ3n) is 21.3. The van der Waals surface area contributed by atoms with Crippen LogP contribution in [0.1, 0.15) is 143 Å². The minimum Gasteiger partial charge on any atom is -0.481 e. The molecule has 17 heterocycles. The summed E-state index contributed by atoms with van der Waals surface area (Å²) in [7, 11) is 0. The summed E-state index contributed by atoms with van der Waals surface area (Å²) in [5.41, 5.74) is 2.06. The van der Waals surface area contributed by atoms with Gasteiger partial charge in [0.25, 0.3) is 0 Å². The first-order chi connectivity index (χ1) is 37.8. The molecule has 17 aliphatic heterocycles. The van der Waals surface area contributed by atoms with Crippen LogP contribution in [-0.2, 0) is 75.9 Å². The lowest BCUT2D eigenvalue weighted by molar-refractivity contribution is -0.371. The summed E-state index contributed by atoms with van der Waals surface area (Å²) in [6, 6.07) is 0. The second-order valence-electron chi connectivity index (χ2n) is 27.0. The van der Waals surface area contributed by atoms with E-state index in [1.54, 1.807) is 0 Å². The van der Waals surface area contributed by atoms with E-state index in [-0.39, 0.29) is 116 Å². The molecule has 0 saturated carbocycles. The van der Waals surface area contributed by atoms with E-state index < -0.39 is 109 Å². The summed E-state index contributed by atoms with van der Waals surface area (Å²) < 4.78 is 94.3.